The summed E-state index contributed by atoms with van der Waals surface area (Å²) in [6, 6.07) is 5.92. The van der Waals surface area contributed by atoms with Crippen LogP contribution >= 0.6 is 0 Å². The van der Waals surface area contributed by atoms with Crippen molar-refractivity contribution in [1.82, 2.24) is 15.5 Å². The Morgan fingerprint density at radius 3 is 2.68 bits per heavy atom. The van der Waals surface area contributed by atoms with Crippen LogP contribution in [0.1, 0.15) is 45.8 Å². The molecule has 0 aliphatic rings. The Morgan fingerprint density at radius 1 is 1.36 bits per heavy atom. The molecule has 0 aliphatic heterocycles. The zero-order valence-corrected chi connectivity index (χ0v) is 12.8. The van der Waals surface area contributed by atoms with E-state index in [9.17, 15) is 14.7 Å². The number of H-pyrrole nitrogens is 1. The molecule has 0 bridgehead atoms. The molecule has 1 heterocycles. The van der Waals surface area contributed by atoms with Crippen molar-refractivity contribution in [3.63, 3.8) is 0 Å². The molecule has 1 aromatic carbocycles. The topological polar surface area (TPSA) is 95.1 Å². The van der Waals surface area contributed by atoms with Gasteiger partial charge in [-0.1, -0.05) is 25.1 Å². The van der Waals surface area contributed by atoms with Crippen LogP contribution < -0.4 is 5.32 Å². The minimum Gasteiger partial charge on any atom is -0.479 e. The summed E-state index contributed by atoms with van der Waals surface area (Å²) in [6.07, 6.45) is 0.722. The molecule has 1 amide bonds. The van der Waals surface area contributed by atoms with Gasteiger partial charge >= 0.3 is 5.97 Å². The largest absolute Gasteiger partial charge is 0.479 e. The standard InChI is InChI=1S/C16H19N3O3/c1-4-11-8-13(19-18-11)15(20)17-14(16(21)22)12-7-5-6-9(2)10(12)3/h5-8,14H,4H2,1-3H3,(H,17,20)(H,18,19)(H,21,22). The summed E-state index contributed by atoms with van der Waals surface area (Å²) in [6.45, 7) is 5.68. The highest BCUT2D eigenvalue weighted by atomic mass is 16.4. The van der Waals surface area contributed by atoms with Crippen LogP contribution in [0.2, 0.25) is 0 Å². The van der Waals surface area contributed by atoms with Gasteiger partial charge in [0.2, 0.25) is 0 Å². The molecule has 0 aliphatic carbocycles. The summed E-state index contributed by atoms with van der Waals surface area (Å²) in [4.78, 5) is 23.8. The number of benzene rings is 1. The van der Waals surface area contributed by atoms with E-state index in [-0.39, 0.29) is 5.69 Å². The van der Waals surface area contributed by atoms with E-state index in [0.29, 0.717) is 5.56 Å². The zero-order valence-electron chi connectivity index (χ0n) is 12.8. The number of rotatable bonds is 5. The molecule has 1 aromatic heterocycles. The zero-order chi connectivity index (χ0) is 16.3. The number of carbonyl (C=O) groups excluding carboxylic acids is 1. The van der Waals surface area contributed by atoms with Gasteiger partial charge in [0.1, 0.15) is 5.69 Å². The van der Waals surface area contributed by atoms with Gasteiger partial charge in [-0.15, -0.1) is 0 Å². The highest BCUT2D eigenvalue weighted by Crippen LogP contribution is 2.21. The lowest BCUT2D eigenvalue weighted by Crippen LogP contribution is -2.34. The number of carboxylic acids is 1. The third kappa shape index (κ3) is 3.16. The first kappa shape index (κ1) is 15.8. The van der Waals surface area contributed by atoms with Gasteiger partial charge in [0, 0.05) is 5.69 Å². The Balaban J connectivity index is 2.27. The normalized spacial score (nSPS) is 12.0. The van der Waals surface area contributed by atoms with Gasteiger partial charge in [0.15, 0.2) is 6.04 Å². The Hall–Kier alpha value is -2.63. The minimum atomic E-state index is -1.10. The number of aromatic nitrogens is 2. The molecule has 22 heavy (non-hydrogen) atoms. The van der Waals surface area contributed by atoms with Crippen LogP contribution in [0.5, 0.6) is 0 Å². The number of aryl methyl sites for hydroxylation is 2. The van der Waals surface area contributed by atoms with Crippen molar-refractivity contribution in [2.75, 3.05) is 0 Å². The van der Waals surface area contributed by atoms with Crippen molar-refractivity contribution in [3.05, 3.63) is 52.3 Å². The Morgan fingerprint density at radius 2 is 2.09 bits per heavy atom. The molecule has 0 spiro atoms. The summed E-state index contributed by atoms with van der Waals surface area (Å²) >= 11 is 0. The van der Waals surface area contributed by atoms with Crippen LogP contribution in [0.4, 0.5) is 0 Å². The van der Waals surface area contributed by atoms with E-state index < -0.39 is 17.9 Å². The Labute approximate surface area is 128 Å². The summed E-state index contributed by atoms with van der Waals surface area (Å²) in [7, 11) is 0. The molecule has 2 rings (SSSR count). The first-order valence-electron chi connectivity index (χ1n) is 7.08. The molecule has 0 saturated carbocycles. The number of hydrogen-bond acceptors (Lipinski definition) is 3. The van der Waals surface area contributed by atoms with Crippen molar-refractivity contribution in [3.8, 4) is 0 Å². The fourth-order valence-corrected chi connectivity index (χ4v) is 2.22. The smallest absolute Gasteiger partial charge is 0.330 e. The van der Waals surface area contributed by atoms with Gasteiger partial charge in [0.05, 0.1) is 0 Å². The van der Waals surface area contributed by atoms with Crippen LogP contribution in [0, 0.1) is 13.8 Å². The maximum absolute atomic E-state index is 12.2. The fourth-order valence-electron chi connectivity index (χ4n) is 2.22. The van der Waals surface area contributed by atoms with Gasteiger partial charge in [-0.05, 0) is 43.0 Å². The van der Waals surface area contributed by atoms with Crippen LogP contribution in [-0.4, -0.2) is 27.2 Å². The van der Waals surface area contributed by atoms with E-state index in [2.05, 4.69) is 15.5 Å². The fraction of sp³-hybridized carbons (Fsp3) is 0.312. The number of aromatic amines is 1. The lowest BCUT2D eigenvalue weighted by Gasteiger charge is -2.17. The lowest BCUT2D eigenvalue weighted by atomic mass is 9.97. The molecule has 0 radical (unpaired) electrons. The average molecular weight is 301 g/mol. The quantitative estimate of drug-likeness (QED) is 0.788. The molecular weight excluding hydrogens is 282 g/mol. The van der Waals surface area contributed by atoms with E-state index in [4.69, 9.17) is 0 Å². The molecule has 116 valence electrons. The van der Waals surface area contributed by atoms with E-state index in [0.717, 1.165) is 23.2 Å². The van der Waals surface area contributed by atoms with Crippen molar-refractivity contribution in [2.45, 2.75) is 33.2 Å². The number of nitrogens with one attached hydrogen (secondary N) is 2. The van der Waals surface area contributed by atoms with Gasteiger partial charge in [-0.3, -0.25) is 9.89 Å². The van der Waals surface area contributed by atoms with Crippen molar-refractivity contribution < 1.29 is 14.7 Å². The summed E-state index contributed by atoms with van der Waals surface area (Å²) < 4.78 is 0. The molecule has 3 N–H and O–H groups in total. The molecule has 1 unspecified atom stereocenters. The maximum Gasteiger partial charge on any atom is 0.330 e. The molecule has 0 saturated heterocycles. The molecule has 0 fully saturated rings. The van der Waals surface area contributed by atoms with Crippen LogP contribution in [0.3, 0.4) is 0 Å². The first-order valence-corrected chi connectivity index (χ1v) is 7.08. The Bertz CT molecular complexity index is 706. The predicted octanol–water partition coefficient (Wildman–Crippen LogP) is 2.14. The summed E-state index contributed by atoms with van der Waals surface area (Å²) in [5, 5.41) is 18.6. The minimum absolute atomic E-state index is 0.188. The SMILES string of the molecule is CCc1cc(C(=O)NC(C(=O)O)c2cccc(C)c2C)n[nH]1. The number of hydrogen-bond donors (Lipinski definition) is 3. The van der Waals surface area contributed by atoms with Crippen molar-refractivity contribution in [2.24, 2.45) is 0 Å². The summed E-state index contributed by atoms with van der Waals surface area (Å²) in [5.74, 6) is -1.61. The maximum atomic E-state index is 12.2. The second-order valence-corrected chi connectivity index (χ2v) is 5.17. The number of amides is 1. The van der Waals surface area contributed by atoms with Crippen LogP contribution in [-0.2, 0) is 11.2 Å². The number of carbonyl (C=O) groups is 2. The van der Waals surface area contributed by atoms with Crippen LogP contribution in [0.25, 0.3) is 0 Å². The highest BCUT2D eigenvalue weighted by molar-refractivity contribution is 5.95. The second kappa shape index (κ2) is 6.43. The van der Waals surface area contributed by atoms with Gasteiger partial charge in [0.25, 0.3) is 5.91 Å². The average Bonchev–Trinajstić information content (AvgIpc) is 2.96. The van der Waals surface area contributed by atoms with Crippen molar-refractivity contribution >= 4 is 11.9 Å². The lowest BCUT2D eigenvalue weighted by molar-refractivity contribution is -0.139. The Kier molecular flexibility index (Phi) is 4.60. The van der Waals surface area contributed by atoms with Gasteiger partial charge in [-0.25, -0.2) is 4.79 Å². The number of carboxylic acid groups (broad SMARTS) is 1. The molecule has 1 atom stereocenters. The molecular formula is C16H19N3O3. The third-order valence-corrected chi connectivity index (χ3v) is 3.72. The second-order valence-electron chi connectivity index (χ2n) is 5.17. The monoisotopic (exact) mass is 301 g/mol. The highest BCUT2D eigenvalue weighted by Gasteiger charge is 2.25. The predicted molar refractivity (Wildman–Crippen MR) is 81.7 cm³/mol. The number of aliphatic carboxylic acids is 1. The van der Waals surface area contributed by atoms with E-state index >= 15 is 0 Å². The van der Waals surface area contributed by atoms with Crippen molar-refractivity contribution in [1.29, 1.82) is 0 Å². The molecule has 6 nitrogen and oxygen atoms in total. The molecule has 6 heteroatoms. The van der Waals surface area contributed by atoms with Crippen LogP contribution in [0.15, 0.2) is 24.3 Å². The van der Waals surface area contributed by atoms with Gasteiger partial charge < -0.3 is 10.4 Å². The number of nitrogens with zero attached hydrogens (tertiary/aromatic N) is 1. The first-order chi connectivity index (χ1) is 10.4. The summed E-state index contributed by atoms with van der Waals surface area (Å²) in [5.41, 5.74) is 3.42. The van der Waals surface area contributed by atoms with Gasteiger partial charge in [-0.2, -0.15) is 5.10 Å². The van der Waals surface area contributed by atoms with E-state index in [1.165, 1.54) is 0 Å². The third-order valence-electron chi connectivity index (χ3n) is 3.72. The van der Waals surface area contributed by atoms with E-state index in [1.54, 1.807) is 18.2 Å². The van der Waals surface area contributed by atoms with E-state index in [1.807, 2.05) is 26.8 Å². The molecule has 2 aromatic rings.